The van der Waals surface area contributed by atoms with Gasteiger partial charge in [0, 0.05) is 33.1 Å². The third-order valence-corrected chi connectivity index (χ3v) is 3.67. The molecule has 2 aromatic carbocycles. The summed E-state index contributed by atoms with van der Waals surface area (Å²) in [7, 11) is 0. The standard InChI is InChI=1S/C17H12Cl2N4O.ClH/c18-12-7-11(8-13(19)9-12)16(24)22-14-3-1-10(2-4-14)15-5-6-21-17(20)23-15;/h1-9H,(H,22,24)(H2,20,21,23);1H. The van der Waals surface area contributed by atoms with Crippen LogP contribution < -0.4 is 11.1 Å². The van der Waals surface area contributed by atoms with Crippen LogP contribution in [0.5, 0.6) is 0 Å². The lowest BCUT2D eigenvalue weighted by Crippen LogP contribution is -2.11. The number of benzene rings is 2. The van der Waals surface area contributed by atoms with Gasteiger partial charge in [-0.1, -0.05) is 35.3 Å². The summed E-state index contributed by atoms with van der Waals surface area (Å²) < 4.78 is 0. The summed E-state index contributed by atoms with van der Waals surface area (Å²) in [4.78, 5) is 20.3. The molecule has 0 radical (unpaired) electrons. The van der Waals surface area contributed by atoms with Gasteiger partial charge in [-0.25, -0.2) is 9.97 Å². The maximum Gasteiger partial charge on any atom is 0.255 e. The van der Waals surface area contributed by atoms with Crippen molar-refractivity contribution in [2.45, 2.75) is 0 Å². The van der Waals surface area contributed by atoms with Crippen LogP contribution in [0.15, 0.2) is 54.7 Å². The Kier molecular flexibility index (Phi) is 6.20. The monoisotopic (exact) mass is 394 g/mol. The topological polar surface area (TPSA) is 80.9 Å². The van der Waals surface area contributed by atoms with Crippen molar-refractivity contribution >= 4 is 53.2 Å². The largest absolute Gasteiger partial charge is 0.368 e. The van der Waals surface area contributed by atoms with Gasteiger partial charge in [-0.15, -0.1) is 12.4 Å². The van der Waals surface area contributed by atoms with E-state index in [-0.39, 0.29) is 24.3 Å². The molecule has 0 unspecified atom stereocenters. The first-order valence-electron chi connectivity index (χ1n) is 6.98. The van der Waals surface area contributed by atoms with E-state index in [0.717, 1.165) is 5.56 Å². The summed E-state index contributed by atoms with van der Waals surface area (Å²) in [5.74, 6) is -0.0823. The Morgan fingerprint density at radius 2 is 1.64 bits per heavy atom. The Morgan fingerprint density at radius 1 is 1.00 bits per heavy atom. The lowest BCUT2D eigenvalue weighted by atomic mass is 10.1. The molecule has 128 valence electrons. The van der Waals surface area contributed by atoms with E-state index in [9.17, 15) is 4.79 Å². The number of carbonyl (C=O) groups is 1. The molecule has 8 heteroatoms. The molecule has 0 aliphatic carbocycles. The molecule has 0 fully saturated rings. The van der Waals surface area contributed by atoms with E-state index in [4.69, 9.17) is 28.9 Å². The number of nitrogen functional groups attached to an aromatic ring is 1. The quantitative estimate of drug-likeness (QED) is 0.673. The van der Waals surface area contributed by atoms with E-state index < -0.39 is 0 Å². The van der Waals surface area contributed by atoms with Crippen molar-refractivity contribution in [3.63, 3.8) is 0 Å². The highest BCUT2D eigenvalue weighted by atomic mass is 35.5. The van der Waals surface area contributed by atoms with Crippen molar-refractivity contribution in [1.29, 1.82) is 0 Å². The molecule has 0 atom stereocenters. The number of nitrogens with zero attached hydrogens (tertiary/aromatic N) is 2. The zero-order chi connectivity index (χ0) is 17.1. The summed E-state index contributed by atoms with van der Waals surface area (Å²) in [5, 5.41) is 3.60. The number of amides is 1. The van der Waals surface area contributed by atoms with Crippen LogP contribution in [0.1, 0.15) is 10.4 Å². The fourth-order valence-electron chi connectivity index (χ4n) is 2.15. The lowest BCUT2D eigenvalue weighted by Gasteiger charge is -2.07. The van der Waals surface area contributed by atoms with Crippen molar-refractivity contribution in [3.8, 4) is 11.3 Å². The van der Waals surface area contributed by atoms with Crippen molar-refractivity contribution in [2.24, 2.45) is 0 Å². The van der Waals surface area contributed by atoms with E-state index in [1.54, 1.807) is 42.6 Å². The summed E-state index contributed by atoms with van der Waals surface area (Å²) >= 11 is 11.8. The number of anilines is 2. The average molecular weight is 396 g/mol. The first kappa shape index (κ1) is 19.0. The normalized spacial score (nSPS) is 10.0. The number of carbonyl (C=O) groups excluding carboxylic acids is 1. The van der Waals surface area contributed by atoms with Gasteiger partial charge in [-0.3, -0.25) is 4.79 Å². The SMILES string of the molecule is Cl.Nc1nccc(-c2ccc(NC(=O)c3cc(Cl)cc(Cl)c3)cc2)n1. The molecule has 0 saturated heterocycles. The van der Waals surface area contributed by atoms with Crippen LogP contribution in [-0.4, -0.2) is 15.9 Å². The fraction of sp³-hybridized carbons (Fsp3) is 0. The number of nitrogens with two attached hydrogens (primary N) is 1. The Labute approximate surface area is 160 Å². The third-order valence-electron chi connectivity index (χ3n) is 3.24. The highest BCUT2D eigenvalue weighted by Crippen LogP contribution is 2.22. The Bertz CT molecular complexity index is 880. The zero-order valence-corrected chi connectivity index (χ0v) is 15.1. The minimum Gasteiger partial charge on any atom is -0.368 e. The van der Waals surface area contributed by atoms with Crippen LogP contribution in [0.2, 0.25) is 10.0 Å². The van der Waals surface area contributed by atoms with E-state index in [1.807, 2.05) is 12.1 Å². The molecule has 0 aliphatic rings. The van der Waals surface area contributed by atoms with Crippen molar-refractivity contribution in [3.05, 3.63) is 70.3 Å². The Balaban J connectivity index is 0.00000225. The number of halogens is 3. The maximum atomic E-state index is 12.3. The highest BCUT2D eigenvalue weighted by molar-refractivity contribution is 6.35. The molecule has 1 amide bonds. The van der Waals surface area contributed by atoms with Crippen molar-refractivity contribution < 1.29 is 4.79 Å². The van der Waals surface area contributed by atoms with Crippen molar-refractivity contribution in [2.75, 3.05) is 11.1 Å². The molecular weight excluding hydrogens is 383 g/mol. The predicted octanol–water partition coefficient (Wildman–Crippen LogP) is 4.71. The summed E-state index contributed by atoms with van der Waals surface area (Å²) in [6.07, 6.45) is 1.59. The number of hydrogen-bond acceptors (Lipinski definition) is 4. The van der Waals surface area contributed by atoms with Gasteiger partial charge >= 0.3 is 0 Å². The van der Waals surface area contributed by atoms with Gasteiger partial charge in [0.05, 0.1) is 5.69 Å². The van der Waals surface area contributed by atoms with Crippen LogP contribution in [0.3, 0.4) is 0 Å². The van der Waals surface area contributed by atoms with Gasteiger partial charge in [0.15, 0.2) is 0 Å². The number of hydrogen-bond donors (Lipinski definition) is 2. The summed E-state index contributed by atoms with van der Waals surface area (Å²) in [6.45, 7) is 0. The minimum absolute atomic E-state index is 0. The van der Waals surface area contributed by atoms with E-state index in [2.05, 4.69) is 15.3 Å². The lowest BCUT2D eigenvalue weighted by molar-refractivity contribution is 0.102. The first-order valence-corrected chi connectivity index (χ1v) is 7.73. The highest BCUT2D eigenvalue weighted by Gasteiger charge is 2.09. The van der Waals surface area contributed by atoms with Gasteiger partial charge < -0.3 is 11.1 Å². The van der Waals surface area contributed by atoms with Gasteiger partial charge in [0.2, 0.25) is 5.95 Å². The number of nitrogens with one attached hydrogen (secondary N) is 1. The minimum atomic E-state index is -0.293. The molecule has 3 rings (SSSR count). The third kappa shape index (κ3) is 4.82. The molecular formula is C17H13Cl3N4O. The molecule has 0 spiro atoms. The average Bonchev–Trinajstić information content (AvgIpc) is 2.54. The number of aromatic nitrogens is 2. The molecule has 3 aromatic rings. The Hall–Kier alpha value is -2.34. The summed E-state index contributed by atoms with van der Waals surface area (Å²) in [6, 6.07) is 13.7. The smallest absolute Gasteiger partial charge is 0.255 e. The van der Waals surface area contributed by atoms with Crippen LogP contribution in [0.25, 0.3) is 11.3 Å². The maximum absolute atomic E-state index is 12.3. The molecule has 1 aromatic heterocycles. The molecule has 0 bridgehead atoms. The molecule has 0 aliphatic heterocycles. The van der Waals surface area contributed by atoms with Gasteiger partial charge in [-0.05, 0) is 36.4 Å². The number of rotatable bonds is 3. The Morgan fingerprint density at radius 3 is 2.24 bits per heavy atom. The second-order valence-corrected chi connectivity index (χ2v) is 5.86. The van der Waals surface area contributed by atoms with Crippen molar-refractivity contribution in [1.82, 2.24) is 9.97 Å². The second-order valence-electron chi connectivity index (χ2n) is 4.99. The summed E-state index contributed by atoms with van der Waals surface area (Å²) in [5.41, 5.74) is 8.19. The first-order chi connectivity index (χ1) is 11.5. The predicted molar refractivity (Wildman–Crippen MR) is 104 cm³/mol. The van der Waals surface area contributed by atoms with Gasteiger partial charge in [-0.2, -0.15) is 0 Å². The van der Waals surface area contributed by atoms with Crippen LogP contribution in [0, 0.1) is 0 Å². The van der Waals surface area contributed by atoms with Gasteiger partial charge in [0.25, 0.3) is 5.91 Å². The molecule has 25 heavy (non-hydrogen) atoms. The molecule has 1 heterocycles. The van der Waals surface area contributed by atoms with Crippen LogP contribution in [-0.2, 0) is 0 Å². The molecule has 0 saturated carbocycles. The zero-order valence-electron chi connectivity index (χ0n) is 12.7. The second kappa shape index (κ2) is 8.16. The van der Waals surface area contributed by atoms with E-state index in [0.29, 0.717) is 27.0 Å². The van der Waals surface area contributed by atoms with Gasteiger partial charge in [0.1, 0.15) is 0 Å². The van der Waals surface area contributed by atoms with E-state index in [1.165, 1.54) is 0 Å². The van der Waals surface area contributed by atoms with Crippen LogP contribution in [0.4, 0.5) is 11.6 Å². The fourth-order valence-corrected chi connectivity index (χ4v) is 2.67. The van der Waals surface area contributed by atoms with E-state index >= 15 is 0 Å². The van der Waals surface area contributed by atoms with Crippen LogP contribution >= 0.6 is 35.6 Å². The molecule has 3 N–H and O–H groups in total. The molecule has 5 nitrogen and oxygen atoms in total.